The van der Waals surface area contributed by atoms with Gasteiger partial charge in [-0.3, -0.25) is 4.68 Å². The molecular weight excluding hydrogens is 320 g/mol. The number of nitrogens with one attached hydrogen (secondary N) is 2. The zero-order valence-corrected chi connectivity index (χ0v) is 14.6. The number of aryl methyl sites for hydroxylation is 2. The van der Waals surface area contributed by atoms with Crippen LogP contribution in [0.5, 0.6) is 0 Å². The smallest absolute Gasteiger partial charge is 0.319 e. The van der Waals surface area contributed by atoms with Gasteiger partial charge in [0.15, 0.2) is 0 Å². The van der Waals surface area contributed by atoms with Crippen molar-refractivity contribution in [2.24, 2.45) is 7.05 Å². The largest absolute Gasteiger partial charge is 0.339 e. The third kappa shape index (κ3) is 3.68. The van der Waals surface area contributed by atoms with Crippen LogP contribution in [0, 0.1) is 13.8 Å². The molecule has 25 heavy (non-hydrogen) atoms. The Morgan fingerprint density at radius 1 is 1.32 bits per heavy atom. The SMILES string of the molecule is Cc1nc(-c2cccc(NC(=O)NC(C)c3cnn(C)c3C)c2)no1. The van der Waals surface area contributed by atoms with E-state index in [1.54, 1.807) is 29.9 Å². The predicted molar refractivity (Wildman–Crippen MR) is 93.0 cm³/mol. The Morgan fingerprint density at radius 3 is 2.76 bits per heavy atom. The van der Waals surface area contributed by atoms with Crippen LogP contribution in [0.4, 0.5) is 10.5 Å². The van der Waals surface area contributed by atoms with Crippen LogP contribution in [0.2, 0.25) is 0 Å². The van der Waals surface area contributed by atoms with E-state index in [4.69, 9.17) is 4.52 Å². The lowest BCUT2D eigenvalue weighted by molar-refractivity contribution is 0.249. The van der Waals surface area contributed by atoms with E-state index < -0.39 is 0 Å². The second kappa shape index (κ2) is 6.76. The summed E-state index contributed by atoms with van der Waals surface area (Å²) in [7, 11) is 1.87. The summed E-state index contributed by atoms with van der Waals surface area (Å²) in [4.78, 5) is 16.5. The quantitative estimate of drug-likeness (QED) is 0.761. The fraction of sp³-hybridized carbons (Fsp3) is 0.294. The molecule has 0 saturated carbocycles. The number of rotatable bonds is 4. The first kappa shape index (κ1) is 16.7. The predicted octanol–water partition coefficient (Wildman–Crippen LogP) is 2.97. The van der Waals surface area contributed by atoms with Crippen LogP contribution in [0.25, 0.3) is 11.4 Å². The molecular formula is C17H20N6O2. The topological polar surface area (TPSA) is 97.9 Å². The summed E-state index contributed by atoms with van der Waals surface area (Å²) in [5.41, 5.74) is 3.41. The number of hydrogen-bond donors (Lipinski definition) is 2. The van der Waals surface area contributed by atoms with Crippen LogP contribution in [0.3, 0.4) is 0 Å². The minimum atomic E-state index is -0.294. The van der Waals surface area contributed by atoms with Gasteiger partial charge in [-0.15, -0.1) is 0 Å². The molecule has 2 aromatic heterocycles. The van der Waals surface area contributed by atoms with E-state index in [9.17, 15) is 4.79 Å². The number of benzene rings is 1. The summed E-state index contributed by atoms with van der Waals surface area (Å²) in [6.07, 6.45) is 1.76. The molecule has 0 saturated heterocycles. The van der Waals surface area contributed by atoms with Gasteiger partial charge in [0.05, 0.1) is 12.2 Å². The van der Waals surface area contributed by atoms with Crippen LogP contribution in [-0.4, -0.2) is 26.0 Å². The highest BCUT2D eigenvalue weighted by molar-refractivity contribution is 5.90. The number of nitrogens with zero attached hydrogens (tertiary/aromatic N) is 4. The van der Waals surface area contributed by atoms with Gasteiger partial charge in [-0.2, -0.15) is 10.1 Å². The van der Waals surface area contributed by atoms with Gasteiger partial charge in [-0.05, 0) is 26.0 Å². The highest BCUT2D eigenvalue weighted by Gasteiger charge is 2.15. The second-order valence-corrected chi connectivity index (χ2v) is 5.85. The van der Waals surface area contributed by atoms with Gasteiger partial charge in [-0.1, -0.05) is 17.3 Å². The fourth-order valence-corrected chi connectivity index (χ4v) is 2.53. The monoisotopic (exact) mass is 340 g/mol. The first-order chi connectivity index (χ1) is 11.9. The summed E-state index contributed by atoms with van der Waals surface area (Å²) in [5.74, 6) is 0.979. The van der Waals surface area contributed by atoms with Gasteiger partial charge in [-0.25, -0.2) is 4.79 Å². The number of carbonyl (C=O) groups excluding carboxylic acids is 1. The van der Waals surface area contributed by atoms with E-state index in [-0.39, 0.29) is 12.1 Å². The van der Waals surface area contributed by atoms with Gasteiger partial charge in [0, 0.05) is 36.5 Å². The van der Waals surface area contributed by atoms with Crippen molar-refractivity contribution in [2.45, 2.75) is 26.8 Å². The maximum absolute atomic E-state index is 12.3. The number of amides is 2. The zero-order chi connectivity index (χ0) is 18.0. The third-order valence-electron chi connectivity index (χ3n) is 3.99. The molecule has 1 atom stereocenters. The molecule has 0 bridgehead atoms. The summed E-state index contributed by atoms with van der Waals surface area (Å²) in [6, 6.07) is 6.83. The molecule has 2 heterocycles. The van der Waals surface area contributed by atoms with Crippen molar-refractivity contribution in [1.82, 2.24) is 25.2 Å². The Hall–Kier alpha value is -3.16. The lowest BCUT2D eigenvalue weighted by atomic mass is 10.1. The molecule has 2 amide bonds. The highest BCUT2D eigenvalue weighted by Crippen LogP contribution is 2.20. The summed E-state index contributed by atoms with van der Waals surface area (Å²) in [6.45, 7) is 5.62. The molecule has 0 aliphatic rings. The van der Waals surface area contributed by atoms with Crippen LogP contribution >= 0.6 is 0 Å². The maximum Gasteiger partial charge on any atom is 0.319 e. The number of carbonyl (C=O) groups is 1. The second-order valence-electron chi connectivity index (χ2n) is 5.85. The molecule has 1 unspecified atom stereocenters. The summed E-state index contributed by atoms with van der Waals surface area (Å²) < 4.78 is 6.77. The number of aromatic nitrogens is 4. The van der Waals surface area contributed by atoms with Crippen molar-refractivity contribution in [3.8, 4) is 11.4 Å². The lowest BCUT2D eigenvalue weighted by Crippen LogP contribution is -2.31. The van der Waals surface area contributed by atoms with E-state index >= 15 is 0 Å². The van der Waals surface area contributed by atoms with Crippen LogP contribution in [-0.2, 0) is 7.05 Å². The van der Waals surface area contributed by atoms with Crippen molar-refractivity contribution >= 4 is 11.7 Å². The molecule has 0 spiro atoms. The molecule has 3 rings (SSSR count). The molecule has 0 aliphatic heterocycles. The van der Waals surface area contributed by atoms with Crippen molar-refractivity contribution < 1.29 is 9.32 Å². The fourth-order valence-electron chi connectivity index (χ4n) is 2.53. The van der Waals surface area contributed by atoms with Gasteiger partial charge in [0.2, 0.25) is 11.7 Å². The average molecular weight is 340 g/mol. The Bertz CT molecular complexity index is 898. The van der Waals surface area contributed by atoms with Crippen molar-refractivity contribution in [2.75, 3.05) is 5.32 Å². The van der Waals surface area contributed by atoms with E-state index in [0.717, 1.165) is 16.8 Å². The normalized spacial score (nSPS) is 12.0. The Balaban J connectivity index is 1.68. The van der Waals surface area contributed by atoms with Crippen molar-refractivity contribution in [3.05, 3.63) is 47.6 Å². The van der Waals surface area contributed by atoms with Crippen LogP contribution < -0.4 is 10.6 Å². The Labute approximate surface area is 145 Å². The third-order valence-corrected chi connectivity index (χ3v) is 3.99. The number of anilines is 1. The molecule has 130 valence electrons. The molecule has 0 radical (unpaired) electrons. The molecule has 3 aromatic rings. The maximum atomic E-state index is 12.3. The standard InChI is InChI=1S/C17H20N6O2/c1-10(15-9-18-23(4)11(15)2)19-17(24)21-14-7-5-6-13(8-14)16-20-12(3)25-22-16/h5-10H,1-4H3,(H2,19,21,24). The van der Waals surface area contributed by atoms with Crippen LogP contribution in [0.15, 0.2) is 35.0 Å². The molecule has 0 aliphatic carbocycles. The Morgan fingerprint density at radius 2 is 2.12 bits per heavy atom. The minimum absolute atomic E-state index is 0.156. The molecule has 8 nitrogen and oxygen atoms in total. The van der Waals surface area contributed by atoms with E-state index in [1.165, 1.54) is 0 Å². The van der Waals surface area contributed by atoms with Gasteiger partial charge in [0.1, 0.15) is 0 Å². The van der Waals surface area contributed by atoms with E-state index in [1.807, 2.05) is 33.0 Å². The lowest BCUT2D eigenvalue weighted by Gasteiger charge is -2.14. The average Bonchev–Trinajstić information content (AvgIpc) is 3.14. The molecule has 1 aromatic carbocycles. The number of urea groups is 1. The molecule has 8 heteroatoms. The first-order valence-corrected chi connectivity index (χ1v) is 7.91. The van der Waals surface area contributed by atoms with Gasteiger partial charge < -0.3 is 15.2 Å². The highest BCUT2D eigenvalue weighted by atomic mass is 16.5. The van der Waals surface area contributed by atoms with Gasteiger partial charge in [0.25, 0.3) is 0 Å². The van der Waals surface area contributed by atoms with Crippen molar-refractivity contribution in [3.63, 3.8) is 0 Å². The zero-order valence-electron chi connectivity index (χ0n) is 14.6. The number of hydrogen-bond acceptors (Lipinski definition) is 5. The van der Waals surface area contributed by atoms with Crippen molar-refractivity contribution in [1.29, 1.82) is 0 Å². The van der Waals surface area contributed by atoms with E-state index in [2.05, 4.69) is 25.9 Å². The minimum Gasteiger partial charge on any atom is -0.339 e. The van der Waals surface area contributed by atoms with Crippen LogP contribution in [0.1, 0.15) is 30.1 Å². The first-order valence-electron chi connectivity index (χ1n) is 7.91. The Kier molecular flexibility index (Phi) is 4.51. The van der Waals surface area contributed by atoms with E-state index in [0.29, 0.717) is 17.4 Å². The molecule has 2 N–H and O–H groups in total. The molecule has 0 fully saturated rings. The summed E-state index contributed by atoms with van der Waals surface area (Å²) in [5, 5.41) is 13.8. The summed E-state index contributed by atoms with van der Waals surface area (Å²) >= 11 is 0. The van der Waals surface area contributed by atoms with Gasteiger partial charge >= 0.3 is 6.03 Å².